The third kappa shape index (κ3) is 3.14. The highest BCUT2D eigenvalue weighted by molar-refractivity contribution is 7.80. The molecule has 2 rings (SSSR count). The lowest BCUT2D eigenvalue weighted by Crippen LogP contribution is -2.30. The molecule has 2 heterocycles. The van der Waals surface area contributed by atoms with Crippen molar-refractivity contribution in [1.29, 1.82) is 0 Å². The van der Waals surface area contributed by atoms with E-state index in [1.807, 2.05) is 12.1 Å². The average molecular weight is 251 g/mol. The first-order chi connectivity index (χ1) is 8.16. The van der Waals surface area contributed by atoms with Gasteiger partial charge in [-0.2, -0.15) is 0 Å². The van der Waals surface area contributed by atoms with Gasteiger partial charge in [0.25, 0.3) is 0 Å². The Labute approximate surface area is 107 Å². The molecule has 4 nitrogen and oxygen atoms in total. The number of ether oxygens (including phenoxy) is 1. The fourth-order valence-electron chi connectivity index (χ4n) is 1.95. The largest absolute Gasteiger partial charge is 0.389 e. The summed E-state index contributed by atoms with van der Waals surface area (Å²) in [6, 6.07) is 4.03. The zero-order chi connectivity index (χ0) is 12.3. The summed E-state index contributed by atoms with van der Waals surface area (Å²) in [4.78, 5) is 4.65. The first-order valence-electron chi connectivity index (χ1n) is 5.81. The van der Waals surface area contributed by atoms with E-state index in [9.17, 15) is 0 Å². The minimum atomic E-state index is 0.265. The van der Waals surface area contributed by atoms with Crippen molar-refractivity contribution < 1.29 is 4.74 Å². The van der Waals surface area contributed by atoms with Crippen molar-refractivity contribution in [3.8, 4) is 0 Å². The Morgan fingerprint density at radius 3 is 3.00 bits per heavy atom. The Morgan fingerprint density at radius 1 is 1.65 bits per heavy atom. The van der Waals surface area contributed by atoms with Gasteiger partial charge in [-0.3, -0.25) is 0 Å². The van der Waals surface area contributed by atoms with Gasteiger partial charge < -0.3 is 15.8 Å². The monoisotopic (exact) mass is 251 g/mol. The van der Waals surface area contributed by atoms with Crippen LogP contribution in [0.15, 0.2) is 18.3 Å². The van der Waals surface area contributed by atoms with Crippen molar-refractivity contribution in [1.82, 2.24) is 4.98 Å². The fourth-order valence-corrected chi connectivity index (χ4v) is 2.07. The van der Waals surface area contributed by atoms with Gasteiger partial charge in [0.2, 0.25) is 0 Å². The highest BCUT2D eigenvalue weighted by Crippen LogP contribution is 2.18. The predicted molar refractivity (Wildman–Crippen MR) is 72.2 cm³/mol. The van der Waals surface area contributed by atoms with E-state index in [0.717, 1.165) is 30.8 Å². The summed E-state index contributed by atoms with van der Waals surface area (Å²) in [5.41, 5.74) is 6.30. The second kappa shape index (κ2) is 5.42. The van der Waals surface area contributed by atoms with E-state index in [2.05, 4.69) is 17.2 Å². The van der Waals surface area contributed by atoms with Crippen molar-refractivity contribution in [2.75, 3.05) is 11.9 Å². The quantitative estimate of drug-likeness (QED) is 0.798. The molecule has 2 unspecified atom stereocenters. The number of nitrogens with two attached hydrogens (primary N) is 1. The lowest BCUT2D eigenvalue weighted by Gasteiger charge is -2.20. The molecular formula is C12H17N3OS. The number of anilines is 1. The van der Waals surface area contributed by atoms with E-state index in [1.54, 1.807) is 6.20 Å². The van der Waals surface area contributed by atoms with E-state index in [4.69, 9.17) is 22.7 Å². The maximum Gasteiger partial charge on any atom is 0.126 e. The lowest BCUT2D eigenvalue weighted by atomic mass is 10.1. The normalized spacial score (nSPS) is 21.1. The summed E-state index contributed by atoms with van der Waals surface area (Å²) in [6.07, 6.45) is 4.23. The van der Waals surface area contributed by atoms with Gasteiger partial charge in [-0.1, -0.05) is 12.2 Å². The smallest absolute Gasteiger partial charge is 0.126 e. The van der Waals surface area contributed by atoms with Crippen LogP contribution in [-0.2, 0) is 4.74 Å². The van der Waals surface area contributed by atoms with Crippen molar-refractivity contribution in [2.24, 2.45) is 5.73 Å². The van der Waals surface area contributed by atoms with E-state index < -0.39 is 0 Å². The molecule has 0 aliphatic carbocycles. The third-order valence-corrected chi connectivity index (χ3v) is 3.18. The number of thiocarbonyl (C=S) groups is 1. The summed E-state index contributed by atoms with van der Waals surface area (Å²) in [5, 5.41) is 3.33. The van der Waals surface area contributed by atoms with Gasteiger partial charge in [0.15, 0.2) is 0 Å². The number of nitrogens with zero attached hydrogens (tertiary/aromatic N) is 1. The Hall–Kier alpha value is -1.20. The molecule has 0 spiro atoms. The number of pyridine rings is 1. The van der Waals surface area contributed by atoms with Gasteiger partial charge in [-0.15, -0.1) is 0 Å². The van der Waals surface area contributed by atoms with Crippen molar-refractivity contribution in [2.45, 2.75) is 31.9 Å². The Balaban J connectivity index is 1.96. The summed E-state index contributed by atoms with van der Waals surface area (Å²) in [5.74, 6) is 0.827. The molecule has 5 heteroatoms. The van der Waals surface area contributed by atoms with Crippen LogP contribution < -0.4 is 11.1 Å². The third-order valence-electron chi connectivity index (χ3n) is 2.95. The molecule has 92 valence electrons. The van der Waals surface area contributed by atoms with Crippen LogP contribution >= 0.6 is 12.2 Å². The second-order valence-electron chi connectivity index (χ2n) is 4.28. The second-order valence-corrected chi connectivity index (χ2v) is 4.72. The highest BCUT2D eigenvalue weighted by Gasteiger charge is 2.22. The number of aromatic nitrogens is 1. The van der Waals surface area contributed by atoms with Gasteiger partial charge in [0.05, 0.1) is 12.1 Å². The van der Waals surface area contributed by atoms with Gasteiger partial charge in [0.1, 0.15) is 10.8 Å². The SMILES string of the molecule is CC(Nc1ccc(C(N)=S)cn1)C1CCCO1. The first kappa shape index (κ1) is 12.3. The van der Waals surface area contributed by atoms with Crippen LogP contribution in [0.5, 0.6) is 0 Å². The predicted octanol–water partition coefficient (Wildman–Crippen LogP) is 1.70. The van der Waals surface area contributed by atoms with Gasteiger partial charge in [-0.25, -0.2) is 4.98 Å². The topological polar surface area (TPSA) is 60.2 Å². The molecule has 1 fully saturated rings. The van der Waals surface area contributed by atoms with Gasteiger partial charge in [-0.05, 0) is 31.9 Å². The van der Waals surface area contributed by atoms with Crippen LogP contribution in [0, 0.1) is 0 Å². The minimum absolute atomic E-state index is 0.265. The van der Waals surface area contributed by atoms with Crippen molar-refractivity contribution in [3.05, 3.63) is 23.9 Å². The standard InChI is InChI=1S/C12H17N3OS/c1-8(10-3-2-6-16-10)15-11-5-4-9(7-14-11)12(13)17/h4-5,7-8,10H,2-3,6H2,1H3,(H2,13,17)(H,14,15). The molecular weight excluding hydrogens is 234 g/mol. The molecule has 2 atom stereocenters. The zero-order valence-corrected chi connectivity index (χ0v) is 10.7. The number of hydrogen-bond acceptors (Lipinski definition) is 4. The van der Waals surface area contributed by atoms with Gasteiger partial charge in [0, 0.05) is 18.4 Å². The number of rotatable bonds is 4. The Kier molecular flexibility index (Phi) is 3.91. The Morgan fingerprint density at radius 2 is 2.47 bits per heavy atom. The molecule has 1 aromatic heterocycles. The summed E-state index contributed by atoms with van der Waals surface area (Å²) < 4.78 is 5.62. The first-order valence-corrected chi connectivity index (χ1v) is 6.21. The molecule has 0 bridgehead atoms. The number of nitrogens with one attached hydrogen (secondary N) is 1. The Bertz CT molecular complexity index is 387. The molecule has 1 aliphatic rings. The van der Waals surface area contributed by atoms with E-state index in [-0.39, 0.29) is 12.1 Å². The van der Waals surface area contributed by atoms with Crippen LogP contribution in [0.2, 0.25) is 0 Å². The molecule has 3 N–H and O–H groups in total. The van der Waals surface area contributed by atoms with Crippen LogP contribution in [0.25, 0.3) is 0 Å². The van der Waals surface area contributed by atoms with Crippen LogP contribution in [0.3, 0.4) is 0 Å². The summed E-state index contributed by atoms with van der Waals surface area (Å²) in [7, 11) is 0. The van der Waals surface area contributed by atoms with Crippen LogP contribution in [0.4, 0.5) is 5.82 Å². The van der Waals surface area contributed by atoms with Crippen LogP contribution in [0.1, 0.15) is 25.3 Å². The maximum absolute atomic E-state index is 5.62. The maximum atomic E-state index is 5.62. The average Bonchev–Trinajstić information content (AvgIpc) is 2.83. The molecule has 0 saturated carbocycles. The van der Waals surface area contributed by atoms with Crippen molar-refractivity contribution >= 4 is 23.0 Å². The molecule has 1 aliphatic heterocycles. The van der Waals surface area contributed by atoms with Crippen molar-refractivity contribution in [3.63, 3.8) is 0 Å². The molecule has 17 heavy (non-hydrogen) atoms. The lowest BCUT2D eigenvalue weighted by molar-refractivity contribution is 0.0995. The molecule has 0 aromatic carbocycles. The minimum Gasteiger partial charge on any atom is -0.389 e. The number of hydrogen-bond donors (Lipinski definition) is 2. The van der Waals surface area contributed by atoms with E-state index in [0.29, 0.717) is 4.99 Å². The summed E-state index contributed by atoms with van der Waals surface area (Å²) >= 11 is 4.88. The molecule has 1 saturated heterocycles. The fraction of sp³-hybridized carbons (Fsp3) is 0.500. The zero-order valence-electron chi connectivity index (χ0n) is 9.85. The molecule has 0 radical (unpaired) electrons. The highest BCUT2D eigenvalue weighted by atomic mass is 32.1. The van der Waals surface area contributed by atoms with E-state index >= 15 is 0 Å². The van der Waals surface area contributed by atoms with Crippen LogP contribution in [-0.4, -0.2) is 28.7 Å². The molecule has 1 aromatic rings. The summed E-state index contributed by atoms with van der Waals surface area (Å²) in [6.45, 7) is 2.98. The van der Waals surface area contributed by atoms with Gasteiger partial charge >= 0.3 is 0 Å². The molecule has 0 amide bonds. The van der Waals surface area contributed by atoms with E-state index in [1.165, 1.54) is 0 Å².